The van der Waals surface area contributed by atoms with Crippen LogP contribution in [0.2, 0.25) is 5.02 Å². The number of benzene rings is 1. The van der Waals surface area contributed by atoms with Crippen molar-refractivity contribution >= 4 is 11.6 Å². The second-order valence-corrected chi connectivity index (χ2v) is 7.51. The van der Waals surface area contributed by atoms with Gasteiger partial charge in [-0.2, -0.15) is 0 Å². The van der Waals surface area contributed by atoms with Crippen molar-refractivity contribution in [2.24, 2.45) is 11.8 Å². The maximum atomic E-state index is 5.96. The van der Waals surface area contributed by atoms with Crippen molar-refractivity contribution in [3.05, 3.63) is 34.9 Å². The van der Waals surface area contributed by atoms with Crippen LogP contribution in [-0.4, -0.2) is 12.1 Å². The third-order valence-electron chi connectivity index (χ3n) is 3.79. The summed E-state index contributed by atoms with van der Waals surface area (Å²) in [6.07, 6.45) is 3.67. The van der Waals surface area contributed by atoms with Crippen molar-refractivity contribution in [1.82, 2.24) is 5.32 Å². The van der Waals surface area contributed by atoms with Crippen LogP contribution in [0.4, 0.5) is 0 Å². The number of halogens is 1. The van der Waals surface area contributed by atoms with Gasteiger partial charge in [-0.25, -0.2) is 0 Å². The molecule has 0 radical (unpaired) electrons. The van der Waals surface area contributed by atoms with E-state index in [0.717, 1.165) is 23.9 Å². The van der Waals surface area contributed by atoms with Crippen molar-refractivity contribution in [3.8, 4) is 0 Å². The normalized spacial score (nSPS) is 15.1. The van der Waals surface area contributed by atoms with Gasteiger partial charge in [-0.05, 0) is 69.7 Å². The minimum Gasteiger partial charge on any atom is -0.312 e. The Morgan fingerprint density at radius 3 is 2.25 bits per heavy atom. The van der Waals surface area contributed by atoms with Gasteiger partial charge >= 0.3 is 0 Å². The largest absolute Gasteiger partial charge is 0.312 e. The predicted molar refractivity (Wildman–Crippen MR) is 90.5 cm³/mol. The summed E-state index contributed by atoms with van der Waals surface area (Å²) < 4.78 is 0. The molecule has 0 aliphatic carbocycles. The van der Waals surface area contributed by atoms with Gasteiger partial charge in [0.1, 0.15) is 0 Å². The van der Waals surface area contributed by atoms with Gasteiger partial charge in [0.15, 0.2) is 0 Å². The van der Waals surface area contributed by atoms with E-state index in [0.29, 0.717) is 5.92 Å². The molecule has 1 aromatic carbocycles. The standard InChI is InChI=1S/C18H30ClN/c1-6-14(2)11-16(13-20-18(3,4)5)12-15-7-9-17(19)10-8-15/h7-10,14,16,20H,6,11-13H2,1-5H3. The van der Waals surface area contributed by atoms with Crippen molar-refractivity contribution in [2.45, 2.75) is 59.4 Å². The molecule has 2 unspecified atom stereocenters. The Hall–Kier alpha value is -0.530. The van der Waals surface area contributed by atoms with E-state index in [1.54, 1.807) is 0 Å². The van der Waals surface area contributed by atoms with E-state index in [1.807, 2.05) is 12.1 Å². The van der Waals surface area contributed by atoms with Gasteiger partial charge in [-0.1, -0.05) is 44.0 Å². The molecule has 114 valence electrons. The van der Waals surface area contributed by atoms with Crippen LogP contribution in [-0.2, 0) is 6.42 Å². The fourth-order valence-electron chi connectivity index (χ4n) is 2.38. The van der Waals surface area contributed by atoms with Gasteiger partial charge < -0.3 is 5.32 Å². The second kappa shape index (κ2) is 8.05. The maximum Gasteiger partial charge on any atom is 0.0406 e. The highest BCUT2D eigenvalue weighted by Crippen LogP contribution is 2.21. The first-order valence-corrected chi connectivity index (χ1v) is 8.17. The maximum absolute atomic E-state index is 5.96. The van der Waals surface area contributed by atoms with Gasteiger partial charge in [-0.15, -0.1) is 0 Å². The molecule has 0 spiro atoms. The smallest absolute Gasteiger partial charge is 0.0406 e. The fraction of sp³-hybridized carbons (Fsp3) is 0.667. The summed E-state index contributed by atoms with van der Waals surface area (Å²) in [5, 5.41) is 4.48. The highest BCUT2D eigenvalue weighted by molar-refractivity contribution is 6.30. The van der Waals surface area contributed by atoms with Crippen LogP contribution in [0.25, 0.3) is 0 Å². The second-order valence-electron chi connectivity index (χ2n) is 7.08. The summed E-state index contributed by atoms with van der Waals surface area (Å²) in [7, 11) is 0. The highest BCUT2D eigenvalue weighted by Gasteiger charge is 2.17. The van der Waals surface area contributed by atoms with E-state index in [2.05, 4.69) is 52.1 Å². The monoisotopic (exact) mass is 295 g/mol. The quantitative estimate of drug-likeness (QED) is 0.717. The molecule has 1 aromatic rings. The van der Waals surface area contributed by atoms with Crippen LogP contribution in [0.3, 0.4) is 0 Å². The molecule has 1 rings (SSSR count). The topological polar surface area (TPSA) is 12.0 Å². The Labute approximate surface area is 130 Å². The Morgan fingerprint density at radius 2 is 1.75 bits per heavy atom. The molecule has 0 saturated carbocycles. The summed E-state index contributed by atoms with van der Waals surface area (Å²) in [6, 6.07) is 8.30. The van der Waals surface area contributed by atoms with Crippen molar-refractivity contribution in [1.29, 1.82) is 0 Å². The van der Waals surface area contributed by atoms with E-state index >= 15 is 0 Å². The van der Waals surface area contributed by atoms with Gasteiger partial charge in [0.05, 0.1) is 0 Å². The third-order valence-corrected chi connectivity index (χ3v) is 4.04. The zero-order valence-electron chi connectivity index (χ0n) is 13.7. The van der Waals surface area contributed by atoms with Crippen LogP contribution >= 0.6 is 11.6 Å². The molecule has 0 aliphatic rings. The molecule has 0 saturated heterocycles. The average Bonchev–Trinajstić information content (AvgIpc) is 2.37. The number of hydrogen-bond acceptors (Lipinski definition) is 1. The van der Waals surface area contributed by atoms with E-state index in [1.165, 1.54) is 18.4 Å². The summed E-state index contributed by atoms with van der Waals surface area (Å²) in [5.74, 6) is 1.47. The average molecular weight is 296 g/mol. The molecule has 1 N–H and O–H groups in total. The lowest BCUT2D eigenvalue weighted by Gasteiger charge is -2.27. The molecule has 0 bridgehead atoms. The lowest BCUT2D eigenvalue weighted by atomic mass is 9.88. The molecule has 2 atom stereocenters. The summed E-state index contributed by atoms with van der Waals surface area (Å²) in [6.45, 7) is 12.4. The first kappa shape index (κ1) is 17.5. The Balaban J connectivity index is 2.63. The lowest BCUT2D eigenvalue weighted by Crippen LogP contribution is -2.40. The summed E-state index contributed by atoms with van der Waals surface area (Å²) >= 11 is 5.96. The first-order chi connectivity index (χ1) is 9.30. The van der Waals surface area contributed by atoms with Crippen molar-refractivity contribution in [3.63, 3.8) is 0 Å². The SMILES string of the molecule is CCC(C)CC(CNC(C)(C)C)Cc1ccc(Cl)cc1. The van der Waals surface area contributed by atoms with E-state index < -0.39 is 0 Å². The summed E-state index contributed by atoms with van der Waals surface area (Å²) in [4.78, 5) is 0. The van der Waals surface area contributed by atoms with Crippen molar-refractivity contribution in [2.75, 3.05) is 6.54 Å². The zero-order valence-corrected chi connectivity index (χ0v) is 14.4. The molecule has 0 heterocycles. The molecule has 2 heteroatoms. The van der Waals surface area contributed by atoms with Gasteiger partial charge in [-0.3, -0.25) is 0 Å². The molecule has 0 aromatic heterocycles. The van der Waals surface area contributed by atoms with Crippen LogP contribution < -0.4 is 5.32 Å². The molecule has 20 heavy (non-hydrogen) atoms. The predicted octanol–water partition coefficient (Wildman–Crippen LogP) is 5.32. The minimum absolute atomic E-state index is 0.188. The molecular weight excluding hydrogens is 266 g/mol. The molecule has 1 nitrogen and oxygen atoms in total. The van der Waals surface area contributed by atoms with Crippen LogP contribution in [0, 0.1) is 11.8 Å². The van der Waals surface area contributed by atoms with E-state index in [-0.39, 0.29) is 5.54 Å². The molecule has 0 aliphatic heterocycles. The minimum atomic E-state index is 0.188. The number of nitrogens with one attached hydrogen (secondary N) is 1. The van der Waals surface area contributed by atoms with E-state index in [4.69, 9.17) is 11.6 Å². The summed E-state index contributed by atoms with van der Waals surface area (Å²) in [5.41, 5.74) is 1.58. The lowest BCUT2D eigenvalue weighted by molar-refractivity contribution is 0.320. The first-order valence-electron chi connectivity index (χ1n) is 7.79. The molecule has 0 amide bonds. The molecular formula is C18H30ClN. The van der Waals surface area contributed by atoms with Gasteiger partial charge in [0.25, 0.3) is 0 Å². The fourth-order valence-corrected chi connectivity index (χ4v) is 2.50. The van der Waals surface area contributed by atoms with Crippen LogP contribution in [0.15, 0.2) is 24.3 Å². The zero-order chi connectivity index (χ0) is 15.2. The Bertz CT molecular complexity index is 377. The van der Waals surface area contributed by atoms with Crippen LogP contribution in [0.1, 0.15) is 53.0 Å². The van der Waals surface area contributed by atoms with E-state index in [9.17, 15) is 0 Å². The number of hydrogen-bond donors (Lipinski definition) is 1. The van der Waals surface area contributed by atoms with Crippen molar-refractivity contribution < 1.29 is 0 Å². The van der Waals surface area contributed by atoms with Gasteiger partial charge in [0, 0.05) is 10.6 Å². The van der Waals surface area contributed by atoms with Crippen LogP contribution in [0.5, 0.6) is 0 Å². The third kappa shape index (κ3) is 7.31. The molecule has 0 fully saturated rings. The highest BCUT2D eigenvalue weighted by atomic mass is 35.5. The number of rotatable bonds is 7. The Morgan fingerprint density at radius 1 is 1.15 bits per heavy atom. The van der Waals surface area contributed by atoms with Gasteiger partial charge in [0.2, 0.25) is 0 Å². The Kier molecular flexibility index (Phi) is 7.05.